The zero-order valence-corrected chi connectivity index (χ0v) is 40.4. The number of carbonyl (C=O) groups is 3. The Morgan fingerprint density at radius 2 is 0.900 bits per heavy atom. The number of esters is 2. The molecule has 0 aromatic rings. The molecule has 0 aliphatic rings. The fraction of sp³-hybridized carbons (Fsp3) is 0.938. The average Bonchev–Trinajstić information content (AvgIpc) is 3.20. The number of unbranched alkanes of at least 4 members (excludes halogenated alkanes) is 28. The lowest BCUT2D eigenvalue weighted by Crippen LogP contribution is -2.30. The van der Waals surface area contributed by atoms with Crippen molar-refractivity contribution in [2.45, 2.75) is 253 Å². The van der Waals surface area contributed by atoms with E-state index in [-0.39, 0.29) is 44.6 Å². The van der Waals surface area contributed by atoms with Crippen molar-refractivity contribution >= 4 is 25.9 Å². The largest absolute Gasteiger partial charge is 0.472 e. The fourth-order valence-corrected chi connectivity index (χ4v) is 7.68. The molecule has 0 saturated carbocycles. The van der Waals surface area contributed by atoms with Gasteiger partial charge in [-0.1, -0.05) is 214 Å². The molecular weight excluding hydrogens is 781 g/mol. The maximum absolute atomic E-state index is 12.8. The molecular formula is C48H94NO10P. The van der Waals surface area contributed by atoms with Gasteiger partial charge in [-0.2, -0.15) is 0 Å². The Kier molecular flexibility index (Phi) is 40.2. The molecule has 1 amide bonds. The monoisotopic (exact) mass is 876 g/mol. The van der Waals surface area contributed by atoms with Crippen LogP contribution in [0.4, 0.5) is 4.79 Å². The van der Waals surface area contributed by atoms with E-state index < -0.39 is 38.6 Å². The van der Waals surface area contributed by atoms with Gasteiger partial charge in [0.05, 0.1) is 19.8 Å². The normalized spacial score (nSPS) is 13.2. The van der Waals surface area contributed by atoms with Crippen LogP contribution in [0.15, 0.2) is 0 Å². The summed E-state index contributed by atoms with van der Waals surface area (Å²) in [5.74, 6) is -0.878. The second kappa shape index (κ2) is 41.3. The molecule has 0 fully saturated rings. The van der Waals surface area contributed by atoms with Crippen molar-refractivity contribution in [1.29, 1.82) is 0 Å². The number of alkyl carbamates (subject to hydrolysis) is 1. The van der Waals surface area contributed by atoms with Crippen LogP contribution in [0, 0.1) is 5.41 Å². The molecule has 0 aliphatic carbocycles. The molecule has 0 saturated heterocycles. The summed E-state index contributed by atoms with van der Waals surface area (Å²) in [4.78, 5) is 47.4. The third kappa shape index (κ3) is 44.4. The SMILES string of the molecule is CCCCCCCCCCCCCCCCCC(=O)OCC(COP(=O)(O)OCCNC(=O)OCCC(C)(C)C)OC(=O)CCCCCCCCCCCCCCCCC. The molecule has 0 aromatic heterocycles. The van der Waals surface area contributed by atoms with Gasteiger partial charge in [0.2, 0.25) is 0 Å². The highest BCUT2D eigenvalue weighted by Gasteiger charge is 2.26. The van der Waals surface area contributed by atoms with Crippen LogP contribution in [0.5, 0.6) is 0 Å². The van der Waals surface area contributed by atoms with E-state index >= 15 is 0 Å². The van der Waals surface area contributed by atoms with Gasteiger partial charge < -0.3 is 24.4 Å². The number of amides is 1. The zero-order valence-electron chi connectivity index (χ0n) is 39.5. The standard InChI is InChI=1S/C48H94NO10P/c1-6-8-10-12-14-16-18-20-22-24-26-28-30-32-34-36-45(50)56-42-44(43-58-60(53,54)57-41-39-49-47(52)55-40-38-48(3,4)5)59-46(51)37-35-33-31-29-27-25-23-21-19-17-15-13-11-9-7-2/h44H,6-43H2,1-5H3,(H,49,52)(H,53,54). The number of phosphoric acid groups is 1. The number of hydrogen-bond acceptors (Lipinski definition) is 9. The van der Waals surface area contributed by atoms with Gasteiger partial charge in [0, 0.05) is 19.4 Å². The second-order valence-electron chi connectivity index (χ2n) is 18.2. The Morgan fingerprint density at radius 3 is 1.30 bits per heavy atom. The van der Waals surface area contributed by atoms with Gasteiger partial charge in [0.25, 0.3) is 0 Å². The van der Waals surface area contributed by atoms with Crippen LogP contribution in [0.3, 0.4) is 0 Å². The first kappa shape index (κ1) is 58.3. The predicted octanol–water partition coefficient (Wildman–Crippen LogP) is 14.3. The summed E-state index contributed by atoms with van der Waals surface area (Å²) in [6.07, 6.45) is 36.4. The number of phosphoric ester groups is 1. The second-order valence-corrected chi connectivity index (χ2v) is 19.6. The number of carbonyl (C=O) groups excluding carboxylic acids is 3. The highest BCUT2D eigenvalue weighted by atomic mass is 31.2. The van der Waals surface area contributed by atoms with E-state index in [0.29, 0.717) is 12.8 Å². The maximum atomic E-state index is 12.8. The van der Waals surface area contributed by atoms with Crippen LogP contribution >= 0.6 is 7.82 Å². The van der Waals surface area contributed by atoms with Crippen molar-refractivity contribution < 1.29 is 47.1 Å². The molecule has 0 aromatic carbocycles. The molecule has 60 heavy (non-hydrogen) atoms. The highest BCUT2D eigenvalue weighted by Crippen LogP contribution is 2.43. The average molecular weight is 876 g/mol. The maximum Gasteiger partial charge on any atom is 0.472 e. The van der Waals surface area contributed by atoms with Crippen LogP contribution in [-0.2, 0) is 37.4 Å². The summed E-state index contributed by atoms with van der Waals surface area (Å²) in [6.45, 7) is 9.73. The zero-order chi connectivity index (χ0) is 44.4. The Morgan fingerprint density at radius 1 is 0.517 bits per heavy atom. The lowest BCUT2D eigenvalue weighted by atomic mass is 9.93. The van der Waals surface area contributed by atoms with Gasteiger partial charge in [0.15, 0.2) is 6.10 Å². The van der Waals surface area contributed by atoms with Crippen LogP contribution in [0.2, 0.25) is 0 Å². The van der Waals surface area contributed by atoms with Gasteiger partial charge in [-0.15, -0.1) is 0 Å². The highest BCUT2D eigenvalue weighted by molar-refractivity contribution is 7.47. The van der Waals surface area contributed by atoms with Gasteiger partial charge in [-0.25, -0.2) is 9.36 Å². The molecule has 2 atom stereocenters. The van der Waals surface area contributed by atoms with E-state index in [1.165, 1.54) is 148 Å². The molecule has 0 heterocycles. The molecule has 2 unspecified atom stereocenters. The lowest BCUT2D eigenvalue weighted by Gasteiger charge is -2.20. The van der Waals surface area contributed by atoms with Crippen LogP contribution in [-0.4, -0.2) is 62.0 Å². The lowest BCUT2D eigenvalue weighted by molar-refractivity contribution is -0.161. The molecule has 0 radical (unpaired) electrons. The van der Waals surface area contributed by atoms with Crippen molar-refractivity contribution in [2.24, 2.45) is 5.41 Å². The summed E-state index contributed by atoms with van der Waals surface area (Å²) < 4.78 is 38.8. The van der Waals surface area contributed by atoms with E-state index in [9.17, 15) is 23.8 Å². The van der Waals surface area contributed by atoms with Crippen molar-refractivity contribution in [2.75, 3.05) is 33.0 Å². The van der Waals surface area contributed by atoms with Crippen molar-refractivity contribution in [3.8, 4) is 0 Å². The first-order valence-corrected chi connectivity index (χ1v) is 26.3. The molecule has 2 N–H and O–H groups in total. The van der Waals surface area contributed by atoms with Crippen LogP contribution < -0.4 is 5.32 Å². The summed E-state index contributed by atoms with van der Waals surface area (Å²) in [6, 6.07) is 0. The Balaban J connectivity index is 4.49. The number of nitrogens with one attached hydrogen (secondary N) is 1. The molecule has 356 valence electrons. The van der Waals surface area contributed by atoms with E-state index in [1.807, 2.05) is 20.8 Å². The summed E-state index contributed by atoms with van der Waals surface area (Å²) in [5, 5.41) is 2.47. The van der Waals surface area contributed by atoms with Crippen LogP contribution in [0.1, 0.15) is 247 Å². The Hall–Kier alpha value is -1.68. The fourth-order valence-electron chi connectivity index (χ4n) is 6.93. The minimum Gasteiger partial charge on any atom is -0.462 e. The summed E-state index contributed by atoms with van der Waals surface area (Å²) in [5.41, 5.74) is 0.0199. The Bertz CT molecular complexity index is 1050. The van der Waals surface area contributed by atoms with E-state index in [4.69, 9.17) is 23.3 Å². The molecule has 0 bridgehead atoms. The summed E-state index contributed by atoms with van der Waals surface area (Å²) in [7, 11) is -4.56. The Labute approximate surface area is 368 Å². The minimum absolute atomic E-state index is 0.0199. The molecule has 0 aliphatic heterocycles. The van der Waals surface area contributed by atoms with Crippen LogP contribution in [0.25, 0.3) is 0 Å². The predicted molar refractivity (Wildman–Crippen MR) is 245 cm³/mol. The molecule has 0 rings (SSSR count). The number of hydrogen-bond donors (Lipinski definition) is 2. The first-order chi connectivity index (χ1) is 28.9. The van der Waals surface area contributed by atoms with Crippen molar-refractivity contribution in [3.63, 3.8) is 0 Å². The van der Waals surface area contributed by atoms with E-state index in [1.54, 1.807) is 0 Å². The van der Waals surface area contributed by atoms with Gasteiger partial charge in [0.1, 0.15) is 6.61 Å². The van der Waals surface area contributed by atoms with Gasteiger partial charge >= 0.3 is 25.9 Å². The third-order valence-corrected chi connectivity index (χ3v) is 11.8. The third-order valence-electron chi connectivity index (χ3n) is 10.8. The quantitative estimate of drug-likeness (QED) is 0.0262. The molecule has 0 spiro atoms. The topological polar surface area (TPSA) is 147 Å². The van der Waals surface area contributed by atoms with Crippen molar-refractivity contribution in [1.82, 2.24) is 5.32 Å². The number of ether oxygens (including phenoxy) is 3. The summed E-state index contributed by atoms with van der Waals surface area (Å²) >= 11 is 0. The minimum atomic E-state index is -4.56. The molecule has 11 nitrogen and oxygen atoms in total. The van der Waals surface area contributed by atoms with E-state index in [2.05, 4.69) is 19.2 Å². The van der Waals surface area contributed by atoms with Gasteiger partial charge in [-0.05, 0) is 24.7 Å². The van der Waals surface area contributed by atoms with Gasteiger partial charge in [-0.3, -0.25) is 18.6 Å². The first-order valence-electron chi connectivity index (χ1n) is 24.8. The molecule has 12 heteroatoms. The smallest absolute Gasteiger partial charge is 0.462 e. The van der Waals surface area contributed by atoms with E-state index in [0.717, 1.165) is 38.5 Å². The van der Waals surface area contributed by atoms with Crippen molar-refractivity contribution in [3.05, 3.63) is 0 Å². The number of rotatable bonds is 44.